The number of rotatable bonds is 4. The van der Waals surface area contributed by atoms with E-state index >= 15 is 0 Å². The van der Waals surface area contributed by atoms with Gasteiger partial charge < -0.3 is 5.32 Å². The number of benzene rings is 1. The SMILES string of the molecule is CCc1ccc(S(=O)(=O)NC(=O)Nc2ccc(Cl)c(Cl)c2)s1.[Na]. The predicted octanol–water partition coefficient (Wildman–Crippen LogP) is 3.75. The number of sulfonamides is 1. The van der Waals surface area contributed by atoms with Gasteiger partial charge in [0, 0.05) is 40.1 Å². The van der Waals surface area contributed by atoms with Crippen LogP contribution in [0.25, 0.3) is 0 Å². The van der Waals surface area contributed by atoms with Gasteiger partial charge in [0.25, 0.3) is 10.0 Å². The monoisotopic (exact) mass is 401 g/mol. The van der Waals surface area contributed by atoms with E-state index in [0.717, 1.165) is 22.6 Å². The summed E-state index contributed by atoms with van der Waals surface area (Å²) in [4.78, 5) is 12.7. The molecule has 119 valence electrons. The Kier molecular flexibility index (Phi) is 7.86. The number of carbonyl (C=O) groups is 1. The van der Waals surface area contributed by atoms with E-state index in [9.17, 15) is 13.2 Å². The van der Waals surface area contributed by atoms with Gasteiger partial charge in [-0.2, -0.15) is 0 Å². The third-order valence-corrected chi connectivity index (χ3v) is 6.45. The minimum Gasteiger partial charge on any atom is -0.307 e. The number of urea groups is 1. The van der Waals surface area contributed by atoms with E-state index in [4.69, 9.17) is 23.2 Å². The Morgan fingerprint density at radius 2 is 1.87 bits per heavy atom. The van der Waals surface area contributed by atoms with Crippen molar-refractivity contribution in [1.29, 1.82) is 0 Å². The topological polar surface area (TPSA) is 75.3 Å². The van der Waals surface area contributed by atoms with Crippen molar-refractivity contribution in [3.63, 3.8) is 0 Å². The summed E-state index contributed by atoms with van der Waals surface area (Å²) in [6, 6.07) is 6.76. The Bertz CT molecular complexity index is 809. The van der Waals surface area contributed by atoms with Gasteiger partial charge in [0.05, 0.1) is 10.0 Å². The summed E-state index contributed by atoms with van der Waals surface area (Å²) in [5.41, 5.74) is 0.336. The van der Waals surface area contributed by atoms with Gasteiger partial charge in [0.15, 0.2) is 0 Å². The van der Waals surface area contributed by atoms with Crippen molar-refractivity contribution in [2.75, 3.05) is 5.32 Å². The maximum atomic E-state index is 12.1. The molecule has 0 spiro atoms. The van der Waals surface area contributed by atoms with Gasteiger partial charge in [-0.1, -0.05) is 30.1 Å². The van der Waals surface area contributed by atoms with Crippen molar-refractivity contribution in [1.82, 2.24) is 4.72 Å². The van der Waals surface area contributed by atoms with Gasteiger partial charge in [0.2, 0.25) is 0 Å². The van der Waals surface area contributed by atoms with E-state index in [0.29, 0.717) is 10.7 Å². The molecule has 2 aromatic rings. The molecule has 0 atom stereocenters. The molecule has 1 aromatic heterocycles. The smallest absolute Gasteiger partial charge is 0.307 e. The number of halogens is 2. The van der Waals surface area contributed by atoms with Crippen LogP contribution >= 0.6 is 34.5 Å². The normalized spacial score (nSPS) is 10.7. The number of aryl methyl sites for hydroxylation is 1. The number of thiophene rings is 1. The fraction of sp³-hybridized carbons (Fsp3) is 0.154. The Hall–Kier alpha value is -0.280. The summed E-state index contributed by atoms with van der Waals surface area (Å²) in [6.45, 7) is 1.92. The first-order valence-corrected chi connectivity index (χ1v) is 9.25. The van der Waals surface area contributed by atoms with Crippen molar-refractivity contribution in [3.05, 3.63) is 45.3 Å². The molecule has 1 heterocycles. The predicted molar refractivity (Wildman–Crippen MR) is 95.3 cm³/mol. The number of hydrogen-bond donors (Lipinski definition) is 2. The second kappa shape index (κ2) is 8.71. The summed E-state index contributed by atoms with van der Waals surface area (Å²) < 4.78 is 26.2. The second-order valence-electron chi connectivity index (χ2n) is 4.26. The first kappa shape index (κ1) is 20.8. The first-order valence-electron chi connectivity index (χ1n) is 6.19. The summed E-state index contributed by atoms with van der Waals surface area (Å²) in [5, 5.41) is 2.99. The van der Waals surface area contributed by atoms with E-state index in [1.807, 2.05) is 11.6 Å². The molecular weight excluding hydrogens is 390 g/mol. The fourth-order valence-electron chi connectivity index (χ4n) is 1.60. The van der Waals surface area contributed by atoms with Crippen molar-refractivity contribution in [2.24, 2.45) is 0 Å². The minimum absolute atomic E-state index is 0. The van der Waals surface area contributed by atoms with Gasteiger partial charge in [-0.15, -0.1) is 11.3 Å². The van der Waals surface area contributed by atoms with Crippen LogP contribution in [0.3, 0.4) is 0 Å². The third kappa shape index (κ3) is 5.63. The van der Waals surface area contributed by atoms with Crippen LogP contribution in [-0.4, -0.2) is 44.0 Å². The van der Waals surface area contributed by atoms with Crippen LogP contribution in [0, 0.1) is 0 Å². The summed E-state index contributed by atoms with van der Waals surface area (Å²) in [5.74, 6) is 0. The molecule has 23 heavy (non-hydrogen) atoms. The molecule has 0 bridgehead atoms. The van der Waals surface area contributed by atoms with Crippen molar-refractivity contribution >= 4 is 85.8 Å². The standard InChI is InChI=1S/C13H12Cl2N2O3S2.Na/c1-2-9-4-6-12(21-9)22(19,20)17-13(18)16-8-3-5-10(14)11(15)7-8;/h3-7H,2H2,1H3,(H2,16,17,18);. The van der Waals surface area contributed by atoms with E-state index in [2.05, 4.69) is 5.32 Å². The zero-order valence-electron chi connectivity index (χ0n) is 12.4. The summed E-state index contributed by atoms with van der Waals surface area (Å²) in [7, 11) is -3.89. The van der Waals surface area contributed by atoms with Crippen LogP contribution < -0.4 is 10.0 Å². The zero-order chi connectivity index (χ0) is 16.3. The second-order valence-corrected chi connectivity index (χ2v) is 8.15. The number of hydrogen-bond acceptors (Lipinski definition) is 4. The van der Waals surface area contributed by atoms with E-state index in [1.165, 1.54) is 24.3 Å². The molecule has 0 unspecified atom stereocenters. The van der Waals surface area contributed by atoms with Crippen LogP contribution in [0.5, 0.6) is 0 Å². The van der Waals surface area contributed by atoms with Gasteiger partial charge in [-0.05, 0) is 36.8 Å². The molecule has 2 N–H and O–H groups in total. The van der Waals surface area contributed by atoms with Crippen LogP contribution in [0.4, 0.5) is 10.5 Å². The molecule has 0 aliphatic carbocycles. The Morgan fingerprint density at radius 1 is 1.17 bits per heavy atom. The molecule has 2 amide bonds. The van der Waals surface area contributed by atoms with Crippen LogP contribution in [-0.2, 0) is 16.4 Å². The number of amides is 2. The molecule has 0 saturated heterocycles. The van der Waals surface area contributed by atoms with Gasteiger partial charge in [-0.25, -0.2) is 17.9 Å². The maximum absolute atomic E-state index is 12.1. The zero-order valence-corrected chi connectivity index (χ0v) is 17.5. The minimum atomic E-state index is -3.89. The first-order chi connectivity index (χ1) is 10.3. The Labute approximate surface area is 170 Å². The number of carbonyl (C=O) groups excluding carboxylic acids is 1. The fourth-order valence-corrected chi connectivity index (χ4v) is 4.10. The van der Waals surface area contributed by atoms with Gasteiger partial charge in [-0.3, -0.25) is 0 Å². The van der Waals surface area contributed by atoms with Crippen LogP contribution in [0.15, 0.2) is 34.5 Å². The van der Waals surface area contributed by atoms with E-state index in [-0.39, 0.29) is 38.8 Å². The van der Waals surface area contributed by atoms with Crippen LogP contribution in [0.1, 0.15) is 11.8 Å². The van der Waals surface area contributed by atoms with E-state index in [1.54, 1.807) is 6.07 Å². The summed E-state index contributed by atoms with van der Waals surface area (Å²) >= 11 is 12.7. The average Bonchev–Trinajstić information content (AvgIpc) is 2.92. The molecule has 0 aliphatic rings. The molecule has 1 aromatic carbocycles. The third-order valence-electron chi connectivity index (χ3n) is 2.65. The van der Waals surface area contributed by atoms with Crippen LogP contribution in [0.2, 0.25) is 10.0 Å². The Morgan fingerprint density at radius 3 is 2.43 bits per heavy atom. The summed E-state index contributed by atoms with van der Waals surface area (Å²) in [6.07, 6.45) is 0.732. The van der Waals surface area contributed by atoms with Crippen molar-refractivity contribution < 1.29 is 13.2 Å². The average molecular weight is 402 g/mol. The quantitative estimate of drug-likeness (QED) is 0.765. The molecular formula is C13H12Cl2N2NaO3S2. The molecule has 2 rings (SSSR count). The maximum Gasteiger partial charge on any atom is 0.333 e. The van der Waals surface area contributed by atoms with Crippen molar-refractivity contribution in [3.8, 4) is 0 Å². The molecule has 0 aliphatic heterocycles. The molecule has 10 heteroatoms. The molecule has 0 fully saturated rings. The molecule has 1 radical (unpaired) electrons. The number of anilines is 1. The van der Waals surface area contributed by atoms with E-state index < -0.39 is 16.1 Å². The van der Waals surface area contributed by atoms with Crippen molar-refractivity contribution in [2.45, 2.75) is 17.6 Å². The van der Waals surface area contributed by atoms with Gasteiger partial charge >= 0.3 is 6.03 Å². The Balaban J connectivity index is 0.00000264. The molecule has 0 saturated carbocycles. The number of nitrogens with one attached hydrogen (secondary N) is 2. The largest absolute Gasteiger partial charge is 0.333 e. The van der Waals surface area contributed by atoms with Gasteiger partial charge in [0.1, 0.15) is 4.21 Å². The molecule has 5 nitrogen and oxygen atoms in total.